The fraction of sp³-hybridized carbons (Fsp3) is 0.333. The lowest BCUT2D eigenvalue weighted by Crippen LogP contribution is -2.37. The summed E-state index contributed by atoms with van der Waals surface area (Å²) in [6.07, 6.45) is 0. The monoisotopic (exact) mass is 397 g/mol. The van der Waals surface area contributed by atoms with E-state index in [0.717, 1.165) is 22.0 Å². The van der Waals surface area contributed by atoms with Gasteiger partial charge in [-0.1, -0.05) is 0 Å². The number of amides is 4. The van der Waals surface area contributed by atoms with Crippen molar-refractivity contribution in [3.05, 3.63) is 47.3 Å². The van der Waals surface area contributed by atoms with Crippen LogP contribution in [0.25, 0.3) is 5.69 Å². The maximum absolute atomic E-state index is 12.8. The second-order valence-corrected chi connectivity index (χ2v) is 6.69. The van der Waals surface area contributed by atoms with Crippen molar-refractivity contribution in [1.29, 1.82) is 0 Å². The van der Waals surface area contributed by atoms with Crippen LogP contribution in [-0.2, 0) is 9.59 Å². The predicted octanol–water partition coefficient (Wildman–Crippen LogP) is 2.49. The minimum atomic E-state index is -0.967. The summed E-state index contributed by atoms with van der Waals surface area (Å²) in [6, 6.07) is 8.46. The van der Waals surface area contributed by atoms with Crippen molar-refractivity contribution in [2.75, 3.05) is 19.7 Å². The zero-order valence-corrected chi connectivity index (χ0v) is 16.9. The molecule has 0 atom stereocenters. The molecule has 0 unspecified atom stereocenters. The summed E-state index contributed by atoms with van der Waals surface area (Å²) < 4.78 is 7.37. The van der Waals surface area contributed by atoms with Crippen molar-refractivity contribution in [2.45, 2.75) is 27.7 Å². The van der Waals surface area contributed by atoms with E-state index in [9.17, 15) is 19.2 Å². The van der Waals surface area contributed by atoms with Crippen molar-refractivity contribution < 1.29 is 23.9 Å². The third-order valence-corrected chi connectivity index (χ3v) is 4.89. The van der Waals surface area contributed by atoms with Gasteiger partial charge in [0.1, 0.15) is 5.75 Å². The summed E-state index contributed by atoms with van der Waals surface area (Å²) in [5, 5.41) is 0. The van der Waals surface area contributed by atoms with Gasteiger partial charge in [0.25, 0.3) is 0 Å². The van der Waals surface area contributed by atoms with Crippen LogP contribution in [-0.4, -0.2) is 57.7 Å². The summed E-state index contributed by atoms with van der Waals surface area (Å²) >= 11 is 0. The summed E-state index contributed by atoms with van der Waals surface area (Å²) in [5.74, 6) is -1.51. The first-order valence-corrected chi connectivity index (χ1v) is 9.42. The third kappa shape index (κ3) is 3.53. The maximum atomic E-state index is 12.8. The van der Waals surface area contributed by atoms with E-state index in [-0.39, 0.29) is 6.54 Å². The van der Waals surface area contributed by atoms with Crippen LogP contribution in [0.1, 0.15) is 35.6 Å². The fourth-order valence-corrected chi connectivity index (χ4v) is 3.50. The Hall–Kier alpha value is -3.42. The van der Waals surface area contributed by atoms with Crippen molar-refractivity contribution in [2.24, 2.45) is 0 Å². The number of rotatable bonds is 7. The van der Waals surface area contributed by atoms with Gasteiger partial charge in [-0.15, -0.1) is 0 Å². The normalized spacial score (nSPS) is 14.1. The highest BCUT2D eigenvalue weighted by atomic mass is 16.5. The highest BCUT2D eigenvalue weighted by Crippen LogP contribution is 2.24. The first kappa shape index (κ1) is 20.3. The molecule has 2 aromatic rings. The summed E-state index contributed by atoms with van der Waals surface area (Å²) in [5.41, 5.74) is 2.79. The Morgan fingerprint density at radius 2 is 1.59 bits per heavy atom. The number of benzene rings is 1. The van der Waals surface area contributed by atoms with Gasteiger partial charge in [-0.3, -0.25) is 19.3 Å². The molecule has 1 aliphatic rings. The molecule has 2 heterocycles. The average molecular weight is 397 g/mol. The lowest BCUT2D eigenvalue weighted by atomic mass is 10.1. The Morgan fingerprint density at radius 3 is 2.14 bits per heavy atom. The van der Waals surface area contributed by atoms with Crippen LogP contribution in [0.15, 0.2) is 30.3 Å². The molecule has 1 saturated heterocycles. The molecule has 0 radical (unpaired) electrons. The van der Waals surface area contributed by atoms with Crippen LogP contribution in [0, 0.1) is 13.8 Å². The molecule has 8 heteroatoms. The van der Waals surface area contributed by atoms with E-state index in [1.54, 1.807) is 19.9 Å². The number of aryl methyl sites for hydroxylation is 1. The summed E-state index contributed by atoms with van der Waals surface area (Å²) in [6.45, 7) is 7.37. The van der Waals surface area contributed by atoms with E-state index in [0.29, 0.717) is 22.8 Å². The van der Waals surface area contributed by atoms with Gasteiger partial charge in [0.2, 0.25) is 0 Å². The molecule has 152 valence electrons. The average Bonchev–Trinajstić information content (AvgIpc) is 3.10. The fourth-order valence-electron chi connectivity index (χ4n) is 3.50. The smallest absolute Gasteiger partial charge is 0.334 e. The first-order valence-electron chi connectivity index (χ1n) is 9.42. The number of likely N-dealkylation sites (N-methyl/N-ethyl adjacent to an activating group) is 1. The maximum Gasteiger partial charge on any atom is 0.334 e. The van der Waals surface area contributed by atoms with Crippen LogP contribution in [0.4, 0.5) is 4.79 Å². The van der Waals surface area contributed by atoms with Crippen molar-refractivity contribution in [1.82, 2.24) is 14.4 Å². The molecule has 4 amide bonds. The van der Waals surface area contributed by atoms with E-state index in [1.807, 2.05) is 42.7 Å². The summed E-state index contributed by atoms with van der Waals surface area (Å²) in [4.78, 5) is 50.5. The molecule has 3 rings (SSSR count). The molecule has 1 aliphatic heterocycles. The molecule has 0 spiro atoms. The zero-order valence-electron chi connectivity index (χ0n) is 16.9. The molecular weight excluding hydrogens is 374 g/mol. The highest BCUT2D eigenvalue weighted by Gasteiger charge is 2.44. The van der Waals surface area contributed by atoms with Crippen LogP contribution >= 0.6 is 0 Å². The van der Waals surface area contributed by atoms with E-state index >= 15 is 0 Å². The van der Waals surface area contributed by atoms with Crippen molar-refractivity contribution >= 4 is 23.6 Å². The van der Waals surface area contributed by atoms with Gasteiger partial charge in [-0.25, -0.2) is 9.69 Å². The number of ether oxygens (including phenoxy) is 1. The first-order chi connectivity index (χ1) is 13.8. The standard InChI is InChI=1S/C21H23N3O5/c1-5-22-19(26)20(27)23(21(22)28)12-18(25)17-11-13(3)24(14(17)4)15-7-9-16(10-8-15)29-6-2/h7-11H,5-6,12H2,1-4H3. The lowest BCUT2D eigenvalue weighted by Gasteiger charge is -2.14. The molecule has 1 aromatic carbocycles. The molecule has 1 aromatic heterocycles. The SMILES string of the molecule is CCOc1ccc(-n2c(C)cc(C(=O)CN3C(=O)C(=O)N(CC)C3=O)c2C)cc1. The number of hydrogen-bond acceptors (Lipinski definition) is 5. The second-order valence-electron chi connectivity index (χ2n) is 6.69. The number of hydrogen-bond donors (Lipinski definition) is 0. The number of aromatic nitrogens is 1. The van der Waals surface area contributed by atoms with E-state index in [2.05, 4.69) is 0 Å². The number of nitrogens with zero attached hydrogens (tertiary/aromatic N) is 3. The number of carbonyl (C=O) groups is 4. The summed E-state index contributed by atoms with van der Waals surface area (Å²) in [7, 11) is 0. The zero-order chi connectivity index (χ0) is 21.3. The number of carbonyl (C=O) groups excluding carboxylic acids is 4. The molecule has 0 aliphatic carbocycles. The van der Waals surface area contributed by atoms with Gasteiger partial charge in [0, 0.05) is 29.2 Å². The number of imide groups is 2. The predicted molar refractivity (Wildman–Crippen MR) is 105 cm³/mol. The largest absolute Gasteiger partial charge is 0.494 e. The van der Waals surface area contributed by atoms with Crippen molar-refractivity contribution in [3.8, 4) is 11.4 Å². The van der Waals surface area contributed by atoms with Crippen LogP contribution in [0.2, 0.25) is 0 Å². The van der Waals surface area contributed by atoms with E-state index < -0.39 is 30.2 Å². The molecular formula is C21H23N3O5. The molecule has 29 heavy (non-hydrogen) atoms. The quantitative estimate of drug-likeness (QED) is 0.407. The lowest BCUT2D eigenvalue weighted by molar-refractivity contribution is -0.143. The molecule has 0 N–H and O–H groups in total. The highest BCUT2D eigenvalue weighted by molar-refractivity contribution is 6.45. The number of Topliss-reactive ketones (excluding diaryl/α,β-unsaturated/α-hetero) is 1. The Bertz CT molecular complexity index is 990. The minimum absolute atomic E-state index is 0.0837. The van der Waals surface area contributed by atoms with Gasteiger partial charge in [-0.05, 0) is 58.0 Å². The van der Waals surface area contributed by atoms with Gasteiger partial charge < -0.3 is 9.30 Å². The van der Waals surface area contributed by atoms with Crippen LogP contribution < -0.4 is 4.74 Å². The van der Waals surface area contributed by atoms with Crippen LogP contribution in [0.5, 0.6) is 5.75 Å². The molecule has 0 saturated carbocycles. The second kappa shape index (κ2) is 7.90. The Kier molecular flexibility index (Phi) is 5.54. The molecule has 8 nitrogen and oxygen atoms in total. The van der Waals surface area contributed by atoms with Crippen LogP contribution in [0.3, 0.4) is 0 Å². The Labute approximate surface area is 168 Å². The van der Waals surface area contributed by atoms with Gasteiger partial charge in [0.05, 0.1) is 13.2 Å². The van der Waals surface area contributed by atoms with Crippen molar-refractivity contribution in [3.63, 3.8) is 0 Å². The van der Waals surface area contributed by atoms with Gasteiger partial charge in [-0.2, -0.15) is 0 Å². The number of urea groups is 1. The topological polar surface area (TPSA) is 88.9 Å². The van der Waals surface area contributed by atoms with E-state index in [4.69, 9.17) is 4.74 Å². The minimum Gasteiger partial charge on any atom is -0.494 e. The third-order valence-electron chi connectivity index (χ3n) is 4.89. The Morgan fingerprint density at radius 1 is 0.966 bits per heavy atom. The Balaban J connectivity index is 1.86. The molecule has 0 bridgehead atoms. The van der Waals surface area contributed by atoms with Gasteiger partial charge in [0.15, 0.2) is 5.78 Å². The number of ketones is 1. The van der Waals surface area contributed by atoms with Gasteiger partial charge >= 0.3 is 17.8 Å². The van der Waals surface area contributed by atoms with E-state index in [1.165, 1.54) is 0 Å². The molecule has 1 fully saturated rings.